The van der Waals surface area contributed by atoms with Crippen LogP contribution >= 0.6 is 0 Å². The van der Waals surface area contributed by atoms with Crippen LogP contribution in [-0.4, -0.2) is 61.0 Å². The Morgan fingerprint density at radius 1 is 1.06 bits per heavy atom. The molecular formula is C26H28N2O5. The van der Waals surface area contributed by atoms with E-state index < -0.39 is 0 Å². The molecule has 1 saturated heterocycles. The van der Waals surface area contributed by atoms with E-state index in [2.05, 4.69) is 0 Å². The van der Waals surface area contributed by atoms with Crippen molar-refractivity contribution < 1.29 is 23.5 Å². The van der Waals surface area contributed by atoms with Crippen LogP contribution in [0.3, 0.4) is 0 Å². The molecule has 1 atom stereocenters. The highest BCUT2D eigenvalue weighted by atomic mass is 16.5. The van der Waals surface area contributed by atoms with Gasteiger partial charge in [-0.05, 0) is 35.7 Å². The van der Waals surface area contributed by atoms with Gasteiger partial charge in [-0.2, -0.15) is 0 Å². The van der Waals surface area contributed by atoms with Crippen LogP contribution in [0, 0.1) is 0 Å². The largest absolute Gasteiger partial charge is 0.497 e. The van der Waals surface area contributed by atoms with E-state index in [1.165, 1.54) is 12.5 Å². The molecule has 1 aliphatic heterocycles. The standard InChI is InChI=1S/C26H28N2O5/c1-31-23-9-5-8-21(14-23)18-33-24-15-27(12-10-20-6-3-2-4-7-20)25(29)17-28(16-24)26(30)22-11-13-32-19-22/h2-9,11,13-14,19,24H,10,12,15-18H2,1H3/t24-/m1/s1. The van der Waals surface area contributed by atoms with Gasteiger partial charge in [0.2, 0.25) is 5.91 Å². The molecule has 0 spiro atoms. The van der Waals surface area contributed by atoms with Crippen molar-refractivity contribution in [3.63, 3.8) is 0 Å². The van der Waals surface area contributed by atoms with Gasteiger partial charge >= 0.3 is 0 Å². The molecule has 33 heavy (non-hydrogen) atoms. The predicted octanol–water partition coefficient (Wildman–Crippen LogP) is 3.40. The maximum Gasteiger partial charge on any atom is 0.257 e. The van der Waals surface area contributed by atoms with Crippen molar-refractivity contribution in [1.29, 1.82) is 0 Å². The number of amides is 2. The molecule has 172 valence electrons. The highest BCUT2D eigenvalue weighted by Crippen LogP contribution is 2.17. The Morgan fingerprint density at radius 2 is 1.88 bits per heavy atom. The van der Waals surface area contributed by atoms with Crippen LogP contribution in [0.1, 0.15) is 21.5 Å². The van der Waals surface area contributed by atoms with Gasteiger partial charge in [0.25, 0.3) is 5.91 Å². The van der Waals surface area contributed by atoms with Gasteiger partial charge in [0.15, 0.2) is 0 Å². The third-order valence-corrected chi connectivity index (χ3v) is 5.72. The Bertz CT molecular complexity index is 1050. The third kappa shape index (κ3) is 6.02. The molecule has 7 heteroatoms. The van der Waals surface area contributed by atoms with Crippen LogP contribution in [0.4, 0.5) is 0 Å². The van der Waals surface area contributed by atoms with E-state index in [4.69, 9.17) is 13.9 Å². The molecule has 4 rings (SSSR count). The van der Waals surface area contributed by atoms with Crippen LogP contribution in [0.25, 0.3) is 0 Å². The summed E-state index contributed by atoms with van der Waals surface area (Å²) in [6.07, 6.45) is 3.27. The molecule has 3 aromatic rings. The third-order valence-electron chi connectivity index (χ3n) is 5.72. The minimum absolute atomic E-state index is 0.0117. The molecule has 7 nitrogen and oxygen atoms in total. The summed E-state index contributed by atoms with van der Waals surface area (Å²) in [7, 11) is 1.63. The number of rotatable bonds is 8. The zero-order valence-corrected chi connectivity index (χ0v) is 18.7. The second kappa shape index (κ2) is 10.8. The lowest BCUT2D eigenvalue weighted by atomic mass is 10.1. The van der Waals surface area contributed by atoms with Crippen molar-refractivity contribution in [3.05, 3.63) is 89.9 Å². The maximum atomic E-state index is 13.1. The molecule has 2 amide bonds. The molecule has 0 radical (unpaired) electrons. The lowest BCUT2D eigenvalue weighted by Gasteiger charge is -2.25. The Labute approximate surface area is 193 Å². The summed E-state index contributed by atoms with van der Waals surface area (Å²) in [5, 5.41) is 0. The van der Waals surface area contributed by atoms with Crippen molar-refractivity contribution in [2.45, 2.75) is 19.1 Å². The summed E-state index contributed by atoms with van der Waals surface area (Å²) >= 11 is 0. The first-order valence-corrected chi connectivity index (χ1v) is 11.0. The minimum atomic E-state index is -0.325. The quantitative estimate of drug-likeness (QED) is 0.528. The van der Waals surface area contributed by atoms with E-state index in [0.717, 1.165) is 23.3 Å². The van der Waals surface area contributed by atoms with Crippen LogP contribution in [0.15, 0.2) is 77.6 Å². The highest BCUT2D eigenvalue weighted by Gasteiger charge is 2.31. The fourth-order valence-electron chi connectivity index (χ4n) is 3.91. The van der Waals surface area contributed by atoms with Crippen LogP contribution in [0.5, 0.6) is 5.75 Å². The molecular weight excluding hydrogens is 420 g/mol. The monoisotopic (exact) mass is 448 g/mol. The molecule has 0 saturated carbocycles. The van der Waals surface area contributed by atoms with Crippen molar-refractivity contribution in [2.75, 3.05) is 33.3 Å². The second-order valence-corrected chi connectivity index (χ2v) is 8.06. The van der Waals surface area contributed by atoms with Crippen molar-refractivity contribution in [2.24, 2.45) is 0 Å². The zero-order chi connectivity index (χ0) is 23.0. The number of ether oxygens (including phenoxy) is 2. The van der Waals surface area contributed by atoms with E-state index >= 15 is 0 Å². The number of hydrogen-bond acceptors (Lipinski definition) is 5. The van der Waals surface area contributed by atoms with Crippen LogP contribution in [-0.2, 0) is 22.6 Å². The topological polar surface area (TPSA) is 72.2 Å². The van der Waals surface area contributed by atoms with Crippen LogP contribution < -0.4 is 4.74 Å². The Morgan fingerprint density at radius 3 is 2.64 bits per heavy atom. The van der Waals surface area contributed by atoms with Gasteiger partial charge in [-0.25, -0.2) is 0 Å². The van der Waals surface area contributed by atoms with Gasteiger partial charge in [0.05, 0.1) is 31.6 Å². The van der Waals surface area contributed by atoms with Gasteiger partial charge < -0.3 is 23.7 Å². The minimum Gasteiger partial charge on any atom is -0.497 e. The number of furan rings is 1. The first-order chi connectivity index (χ1) is 16.1. The summed E-state index contributed by atoms with van der Waals surface area (Å²) in [4.78, 5) is 29.4. The second-order valence-electron chi connectivity index (χ2n) is 8.06. The van der Waals surface area contributed by atoms with E-state index in [1.807, 2.05) is 54.6 Å². The van der Waals surface area contributed by atoms with Gasteiger partial charge in [0, 0.05) is 19.6 Å². The molecule has 1 aliphatic rings. The van der Waals surface area contributed by atoms with Crippen LogP contribution in [0.2, 0.25) is 0 Å². The van der Waals surface area contributed by atoms with Gasteiger partial charge in [0.1, 0.15) is 18.6 Å². The van der Waals surface area contributed by atoms with Crippen molar-refractivity contribution in [3.8, 4) is 5.75 Å². The summed E-state index contributed by atoms with van der Waals surface area (Å²) in [6, 6.07) is 19.3. The van der Waals surface area contributed by atoms with E-state index in [9.17, 15) is 9.59 Å². The molecule has 2 aromatic carbocycles. The van der Waals surface area contributed by atoms with Gasteiger partial charge in [-0.1, -0.05) is 42.5 Å². The molecule has 1 aromatic heterocycles. The van der Waals surface area contributed by atoms with Crippen molar-refractivity contribution in [1.82, 2.24) is 9.80 Å². The summed E-state index contributed by atoms with van der Waals surface area (Å²) in [5.41, 5.74) is 2.55. The maximum absolute atomic E-state index is 13.1. The summed E-state index contributed by atoms with van der Waals surface area (Å²) in [5.74, 6) is 0.431. The lowest BCUT2D eigenvalue weighted by Crippen LogP contribution is -2.40. The summed E-state index contributed by atoms with van der Waals surface area (Å²) < 4.78 is 16.6. The fraction of sp³-hybridized carbons (Fsp3) is 0.308. The normalized spacial score (nSPS) is 16.5. The average molecular weight is 449 g/mol. The molecule has 1 fully saturated rings. The molecule has 0 N–H and O–H groups in total. The van der Waals surface area contributed by atoms with E-state index in [0.29, 0.717) is 31.8 Å². The lowest BCUT2D eigenvalue weighted by molar-refractivity contribution is -0.131. The molecule has 2 heterocycles. The SMILES string of the molecule is COc1cccc(CO[C@@H]2CN(CCc3ccccc3)C(=O)CN(C(=O)c3ccoc3)C2)c1. The number of hydrogen-bond donors (Lipinski definition) is 0. The predicted molar refractivity (Wildman–Crippen MR) is 123 cm³/mol. The number of methoxy groups -OCH3 is 1. The molecule has 0 unspecified atom stereocenters. The zero-order valence-electron chi connectivity index (χ0n) is 18.7. The first kappa shape index (κ1) is 22.6. The number of carbonyl (C=O) groups is 2. The van der Waals surface area contributed by atoms with E-state index in [1.54, 1.807) is 23.0 Å². The van der Waals surface area contributed by atoms with Gasteiger partial charge in [-0.3, -0.25) is 9.59 Å². The number of benzene rings is 2. The number of nitrogens with zero attached hydrogens (tertiary/aromatic N) is 2. The molecule has 0 aliphatic carbocycles. The Hall–Kier alpha value is -3.58. The average Bonchev–Trinajstić information content (AvgIpc) is 3.34. The Balaban J connectivity index is 1.48. The first-order valence-electron chi connectivity index (χ1n) is 11.0. The highest BCUT2D eigenvalue weighted by molar-refractivity contribution is 5.96. The van der Waals surface area contributed by atoms with E-state index in [-0.39, 0.29) is 24.5 Å². The fourth-order valence-corrected chi connectivity index (χ4v) is 3.91. The molecule has 0 bridgehead atoms. The van der Waals surface area contributed by atoms with Gasteiger partial charge in [-0.15, -0.1) is 0 Å². The summed E-state index contributed by atoms with van der Waals surface area (Å²) in [6.45, 7) is 1.68. The number of carbonyl (C=O) groups excluding carboxylic acids is 2. The van der Waals surface area contributed by atoms with Crippen molar-refractivity contribution >= 4 is 11.8 Å². The smallest absolute Gasteiger partial charge is 0.257 e. The Kier molecular flexibility index (Phi) is 7.42.